The summed E-state index contributed by atoms with van der Waals surface area (Å²) in [4.78, 5) is 14.3. The van der Waals surface area contributed by atoms with Gasteiger partial charge < -0.3 is 4.90 Å². The molecule has 1 aromatic heterocycles. The van der Waals surface area contributed by atoms with Gasteiger partial charge in [0, 0.05) is 12.3 Å². The molecule has 1 saturated heterocycles. The highest BCUT2D eigenvalue weighted by atomic mass is 32.2. The minimum absolute atomic E-state index is 0.0163. The molecule has 0 radical (unpaired) electrons. The highest BCUT2D eigenvalue weighted by Crippen LogP contribution is 2.31. The molecule has 2 rings (SSSR count). The number of hydrogen-bond donors (Lipinski definition) is 1. The van der Waals surface area contributed by atoms with Crippen molar-refractivity contribution in [1.82, 2.24) is 10.2 Å². The normalized spacial score (nSPS) is 24.8. The van der Waals surface area contributed by atoms with E-state index >= 15 is 0 Å². The quantitative estimate of drug-likeness (QED) is 0.891. The molecule has 5 nitrogen and oxygen atoms in total. The zero-order valence-corrected chi connectivity index (χ0v) is 14.4. The van der Waals surface area contributed by atoms with Gasteiger partial charge in [0.15, 0.2) is 0 Å². The predicted molar refractivity (Wildman–Crippen MR) is 84.8 cm³/mol. The molecule has 21 heavy (non-hydrogen) atoms. The van der Waals surface area contributed by atoms with Crippen molar-refractivity contribution in [3.05, 3.63) is 22.4 Å². The van der Waals surface area contributed by atoms with Crippen molar-refractivity contribution >= 4 is 27.1 Å². The number of sulfone groups is 1. The van der Waals surface area contributed by atoms with Crippen LogP contribution in [0.3, 0.4) is 0 Å². The van der Waals surface area contributed by atoms with Crippen LogP contribution in [-0.2, 0) is 14.6 Å². The first kappa shape index (κ1) is 16.5. The molecule has 7 heteroatoms. The maximum absolute atomic E-state index is 12.7. The van der Waals surface area contributed by atoms with Gasteiger partial charge in [0.2, 0.25) is 5.91 Å². The third kappa shape index (κ3) is 3.64. The van der Waals surface area contributed by atoms with E-state index in [-0.39, 0.29) is 35.8 Å². The van der Waals surface area contributed by atoms with E-state index < -0.39 is 9.84 Å². The first-order valence-electron chi connectivity index (χ1n) is 6.98. The smallest absolute Gasteiger partial charge is 0.241 e. The van der Waals surface area contributed by atoms with Crippen LogP contribution in [0.15, 0.2) is 16.8 Å². The van der Waals surface area contributed by atoms with Crippen LogP contribution in [0.1, 0.15) is 32.5 Å². The van der Waals surface area contributed by atoms with Crippen LogP contribution in [0.2, 0.25) is 0 Å². The van der Waals surface area contributed by atoms with Crippen LogP contribution in [0, 0.1) is 5.92 Å². The van der Waals surface area contributed by atoms with Crippen LogP contribution < -0.4 is 5.32 Å². The summed E-state index contributed by atoms with van der Waals surface area (Å²) in [7, 11) is -3.13. The molecule has 1 aliphatic heterocycles. The van der Waals surface area contributed by atoms with E-state index in [9.17, 15) is 13.2 Å². The fraction of sp³-hybridized carbons (Fsp3) is 0.643. The van der Waals surface area contributed by atoms with Crippen LogP contribution in [0.5, 0.6) is 0 Å². The van der Waals surface area contributed by atoms with Crippen molar-refractivity contribution in [3.8, 4) is 0 Å². The number of rotatable bonds is 5. The molecule has 0 spiro atoms. The molecule has 2 heterocycles. The van der Waals surface area contributed by atoms with E-state index in [2.05, 4.69) is 5.32 Å². The first-order chi connectivity index (χ1) is 9.70. The molecule has 0 bridgehead atoms. The van der Waals surface area contributed by atoms with Crippen LogP contribution in [0.4, 0.5) is 0 Å². The van der Waals surface area contributed by atoms with E-state index in [4.69, 9.17) is 0 Å². The molecular formula is C14H22N2O3S2. The molecule has 3 atom stereocenters. The molecule has 0 aromatic carbocycles. The van der Waals surface area contributed by atoms with E-state index in [0.29, 0.717) is 0 Å². The molecule has 1 fully saturated rings. The van der Waals surface area contributed by atoms with Crippen molar-refractivity contribution in [3.63, 3.8) is 0 Å². The van der Waals surface area contributed by atoms with Gasteiger partial charge in [-0.2, -0.15) is 11.3 Å². The molecule has 1 amide bonds. The molecule has 118 valence electrons. The number of nitrogens with one attached hydrogen (secondary N) is 1. The summed E-state index contributed by atoms with van der Waals surface area (Å²) in [6.45, 7) is 5.78. The second-order valence-electron chi connectivity index (χ2n) is 6.03. The number of thiophene rings is 1. The lowest BCUT2D eigenvalue weighted by atomic mass is 10.0. The summed E-state index contributed by atoms with van der Waals surface area (Å²) < 4.78 is 23.1. The topological polar surface area (TPSA) is 66.5 Å². The third-order valence-electron chi connectivity index (χ3n) is 3.68. The summed E-state index contributed by atoms with van der Waals surface area (Å²) in [6.07, 6.45) is 0.963. The molecule has 1 N–H and O–H groups in total. The predicted octanol–water partition coefficient (Wildman–Crippen LogP) is 1.64. The van der Waals surface area contributed by atoms with Gasteiger partial charge in [0.1, 0.15) is 16.0 Å². The SMILES string of the molecule is CC(C)C1NC(c2ccsc2)N(C(C)CS(C)(=O)=O)C1=O. The van der Waals surface area contributed by atoms with Crippen LogP contribution >= 0.6 is 11.3 Å². The third-order valence-corrected chi connectivity index (χ3v) is 5.47. The molecule has 1 aliphatic rings. The van der Waals surface area contributed by atoms with E-state index in [1.54, 1.807) is 23.2 Å². The monoisotopic (exact) mass is 330 g/mol. The Morgan fingerprint density at radius 3 is 2.52 bits per heavy atom. The van der Waals surface area contributed by atoms with E-state index in [1.165, 1.54) is 6.26 Å². The largest absolute Gasteiger partial charge is 0.318 e. The Hall–Kier alpha value is -0.920. The average molecular weight is 330 g/mol. The maximum Gasteiger partial charge on any atom is 0.241 e. The van der Waals surface area contributed by atoms with Crippen molar-refractivity contribution < 1.29 is 13.2 Å². The second kappa shape index (κ2) is 6.06. The lowest BCUT2D eigenvalue weighted by Gasteiger charge is -2.29. The average Bonchev–Trinajstić information content (AvgIpc) is 2.92. The Labute approximate surface area is 130 Å². The van der Waals surface area contributed by atoms with Gasteiger partial charge in [-0.1, -0.05) is 13.8 Å². The van der Waals surface area contributed by atoms with E-state index in [1.807, 2.05) is 30.7 Å². The Kier molecular flexibility index (Phi) is 4.75. The highest BCUT2D eigenvalue weighted by molar-refractivity contribution is 7.90. The fourth-order valence-corrected chi connectivity index (χ4v) is 4.48. The summed E-state index contributed by atoms with van der Waals surface area (Å²) in [5.74, 6) is 0.123. The van der Waals surface area contributed by atoms with Crippen LogP contribution in [-0.4, -0.2) is 43.3 Å². The highest BCUT2D eigenvalue weighted by Gasteiger charge is 2.43. The first-order valence-corrected chi connectivity index (χ1v) is 9.99. The summed E-state index contributed by atoms with van der Waals surface area (Å²) in [5, 5.41) is 7.30. The lowest BCUT2D eigenvalue weighted by Crippen LogP contribution is -2.42. The summed E-state index contributed by atoms with van der Waals surface area (Å²) >= 11 is 1.57. The number of carbonyl (C=O) groups is 1. The fourth-order valence-electron chi connectivity index (χ4n) is 2.76. The molecule has 3 unspecified atom stereocenters. The minimum atomic E-state index is -3.13. The Balaban J connectivity index is 2.31. The number of carbonyl (C=O) groups excluding carboxylic acids is 1. The maximum atomic E-state index is 12.7. The van der Waals surface area contributed by atoms with Gasteiger partial charge in [-0.15, -0.1) is 0 Å². The number of amides is 1. The van der Waals surface area contributed by atoms with Crippen molar-refractivity contribution in [2.24, 2.45) is 5.92 Å². The summed E-state index contributed by atoms with van der Waals surface area (Å²) in [6, 6.07) is 1.35. The van der Waals surface area contributed by atoms with Gasteiger partial charge in [0.25, 0.3) is 0 Å². The van der Waals surface area contributed by atoms with Gasteiger partial charge in [0.05, 0.1) is 11.8 Å². The Morgan fingerprint density at radius 2 is 2.05 bits per heavy atom. The van der Waals surface area contributed by atoms with Gasteiger partial charge in [-0.25, -0.2) is 8.42 Å². The molecule has 1 aromatic rings. The molecular weight excluding hydrogens is 308 g/mol. The standard InChI is InChI=1S/C14H22N2O3S2/c1-9(2)12-14(17)16(10(3)8-21(4,18)19)13(15-12)11-5-6-20-7-11/h5-7,9-10,12-13,15H,8H2,1-4H3. The van der Waals surface area contributed by atoms with Crippen LogP contribution in [0.25, 0.3) is 0 Å². The number of hydrogen-bond acceptors (Lipinski definition) is 5. The lowest BCUT2D eigenvalue weighted by molar-refractivity contribution is -0.132. The zero-order chi connectivity index (χ0) is 15.8. The Bertz CT molecular complexity index is 596. The second-order valence-corrected chi connectivity index (χ2v) is 9.00. The van der Waals surface area contributed by atoms with Crippen molar-refractivity contribution in [1.29, 1.82) is 0 Å². The van der Waals surface area contributed by atoms with Gasteiger partial charge >= 0.3 is 0 Å². The Morgan fingerprint density at radius 1 is 1.38 bits per heavy atom. The summed E-state index contributed by atoms with van der Waals surface area (Å²) in [5.41, 5.74) is 1.01. The molecule has 0 aliphatic carbocycles. The molecule has 0 saturated carbocycles. The number of nitrogens with zero attached hydrogens (tertiary/aromatic N) is 1. The minimum Gasteiger partial charge on any atom is -0.318 e. The van der Waals surface area contributed by atoms with Crippen molar-refractivity contribution in [2.75, 3.05) is 12.0 Å². The van der Waals surface area contributed by atoms with Gasteiger partial charge in [-0.05, 0) is 35.2 Å². The van der Waals surface area contributed by atoms with Gasteiger partial charge in [-0.3, -0.25) is 10.1 Å². The zero-order valence-electron chi connectivity index (χ0n) is 12.7. The van der Waals surface area contributed by atoms with Crippen molar-refractivity contribution in [2.45, 2.75) is 39.0 Å². The van der Waals surface area contributed by atoms with E-state index in [0.717, 1.165) is 5.56 Å².